The normalized spacial score (nSPS) is 11.0. The molecular formula is C17H16N2O3. The standard InChI is InChI=1S/C17H16N2O3/c20-17(19-21)11-10-14-6-8-15(9-7-14)12-18-22-13-16-4-2-1-3-5-16/h1-12,21H,13H2,(H,19,20)/b11-10+,18-12+. The van der Waals surface area contributed by atoms with Crippen molar-refractivity contribution in [3.63, 3.8) is 0 Å². The summed E-state index contributed by atoms with van der Waals surface area (Å²) in [6.45, 7) is 0.425. The van der Waals surface area contributed by atoms with Gasteiger partial charge < -0.3 is 4.84 Å². The average Bonchev–Trinajstić information content (AvgIpc) is 2.58. The molecule has 0 spiro atoms. The molecule has 1 amide bonds. The Bertz CT molecular complexity index is 649. The van der Waals surface area contributed by atoms with Crippen LogP contribution in [0.25, 0.3) is 6.08 Å². The molecular weight excluding hydrogens is 280 g/mol. The molecule has 0 atom stereocenters. The van der Waals surface area contributed by atoms with Crippen molar-refractivity contribution >= 4 is 18.2 Å². The lowest BCUT2D eigenvalue weighted by Gasteiger charge is -1.99. The number of carbonyl (C=O) groups excluding carboxylic acids is 1. The minimum atomic E-state index is -0.569. The van der Waals surface area contributed by atoms with Crippen LogP contribution in [0, 0.1) is 0 Å². The lowest BCUT2D eigenvalue weighted by molar-refractivity contribution is -0.124. The first-order valence-corrected chi connectivity index (χ1v) is 6.69. The fourth-order valence-electron chi connectivity index (χ4n) is 1.69. The second-order valence-corrected chi connectivity index (χ2v) is 4.47. The van der Waals surface area contributed by atoms with Crippen molar-refractivity contribution in [2.24, 2.45) is 5.16 Å². The van der Waals surface area contributed by atoms with Gasteiger partial charge in [0, 0.05) is 6.08 Å². The fraction of sp³-hybridized carbons (Fsp3) is 0.0588. The van der Waals surface area contributed by atoms with E-state index in [1.54, 1.807) is 12.3 Å². The van der Waals surface area contributed by atoms with Crippen LogP contribution in [0.2, 0.25) is 0 Å². The van der Waals surface area contributed by atoms with Gasteiger partial charge in [0.1, 0.15) is 6.61 Å². The lowest BCUT2D eigenvalue weighted by Crippen LogP contribution is -2.14. The molecule has 0 aliphatic rings. The number of benzene rings is 2. The maximum atomic E-state index is 10.9. The van der Waals surface area contributed by atoms with E-state index in [1.165, 1.54) is 11.6 Å². The number of oxime groups is 1. The summed E-state index contributed by atoms with van der Waals surface area (Å²) in [5.41, 5.74) is 4.31. The molecule has 2 N–H and O–H groups in total. The Hall–Kier alpha value is -2.92. The Kier molecular flexibility index (Phi) is 5.90. The Balaban J connectivity index is 1.84. The summed E-state index contributed by atoms with van der Waals surface area (Å²) in [5.74, 6) is -0.569. The zero-order chi connectivity index (χ0) is 15.6. The van der Waals surface area contributed by atoms with Crippen LogP contribution in [0.1, 0.15) is 16.7 Å². The molecule has 0 aromatic heterocycles. The lowest BCUT2D eigenvalue weighted by atomic mass is 10.1. The van der Waals surface area contributed by atoms with Crippen LogP contribution in [0.15, 0.2) is 65.8 Å². The molecule has 2 aromatic rings. The van der Waals surface area contributed by atoms with Gasteiger partial charge in [-0.05, 0) is 22.8 Å². The number of amides is 1. The predicted octanol–water partition coefficient (Wildman–Crippen LogP) is 2.76. The molecule has 0 heterocycles. The van der Waals surface area contributed by atoms with E-state index in [1.807, 2.05) is 54.6 Å². The molecule has 112 valence electrons. The highest BCUT2D eigenvalue weighted by atomic mass is 16.6. The van der Waals surface area contributed by atoms with Gasteiger partial charge in [-0.15, -0.1) is 0 Å². The molecule has 0 unspecified atom stereocenters. The van der Waals surface area contributed by atoms with Gasteiger partial charge in [0.05, 0.1) is 6.21 Å². The van der Waals surface area contributed by atoms with E-state index in [2.05, 4.69) is 5.16 Å². The van der Waals surface area contributed by atoms with Gasteiger partial charge in [0.2, 0.25) is 0 Å². The van der Waals surface area contributed by atoms with Crippen LogP contribution in [0.3, 0.4) is 0 Å². The molecule has 2 rings (SSSR count). The van der Waals surface area contributed by atoms with E-state index < -0.39 is 5.91 Å². The predicted molar refractivity (Wildman–Crippen MR) is 84.2 cm³/mol. The van der Waals surface area contributed by atoms with Gasteiger partial charge in [-0.25, -0.2) is 5.48 Å². The van der Waals surface area contributed by atoms with Gasteiger partial charge in [0.15, 0.2) is 0 Å². The Morgan fingerprint density at radius 3 is 2.45 bits per heavy atom. The highest BCUT2D eigenvalue weighted by Gasteiger charge is 1.93. The number of hydroxylamine groups is 1. The van der Waals surface area contributed by atoms with E-state index in [0.717, 1.165) is 16.7 Å². The number of nitrogens with zero attached hydrogens (tertiary/aromatic N) is 1. The third-order valence-electron chi connectivity index (χ3n) is 2.82. The van der Waals surface area contributed by atoms with Crippen molar-refractivity contribution in [1.29, 1.82) is 0 Å². The Morgan fingerprint density at radius 2 is 1.77 bits per heavy atom. The summed E-state index contributed by atoms with van der Waals surface area (Å²) in [4.78, 5) is 16.1. The van der Waals surface area contributed by atoms with E-state index in [4.69, 9.17) is 10.0 Å². The quantitative estimate of drug-likeness (QED) is 0.373. The molecule has 0 aliphatic heterocycles. The van der Waals surface area contributed by atoms with Crippen molar-refractivity contribution in [1.82, 2.24) is 5.48 Å². The number of hydrogen-bond donors (Lipinski definition) is 2. The molecule has 0 bridgehead atoms. The number of nitrogens with one attached hydrogen (secondary N) is 1. The largest absolute Gasteiger partial charge is 0.391 e. The Labute approximate surface area is 128 Å². The van der Waals surface area contributed by atoms with Crippen LogP contribution in [0.5, 0.6) is 0 Å². The van der Waals surface area contributed by atoms with Crippen molar-refractivity contribution in [2.45, 2.75) is 6.61 Å². The summed E-state index contributed by atoms with van der Waals surface area (Å²) in [7, 11) is 0. The van der Waals surface area contributed by atoms with Crippen LogP contribution in [-0.2, 0) is 16.2 Å². The minimum Gasteiger partial charge on any atom is -0.391 e. The van der Waals surface area contributed by atoms with Gasteiger partial charge in [0.25, 0.3) is 5.91 Å². The van der Waals surface area contributed by atoms with E-state index >= 15 is 0 Å². The van der Waals surface area contributed by atoms with Gasteiger partial charge in [-0.2, -0.15) is 0 Å². The van der Waals surface area contributed by atoms with Crippen molar-refractivity contribution in [3.8, 4) is 0 Å². The number of rotatable bonds is 6. The monoisotopic (exact) mass is 296 g/mol. The summed E-state index contributed by atoms with van der Waals surface area (Å²) in [6, 6.07) is 17.2. The molecule has 0 saturated heterocycles. The first-order chi connectivity index (χ1) is 10.8. The van der Waals surface area contributed by atoms with Crippen molar-refractivity contribution < 1.29 is 14.8 Å². The van der Waals surface area contributed by atoms with Crippen molar-refractivity contribution in [2.75, 3.05) is 0 Å². The third-order valence-corrected chi connectivity index (χ3v) is 2.82. The van der Waals surface area contributed by atoms with Crippen LogP contribution in [-0.4, -0.2) is 17.3 Å². The topological polar surface area (TPSA) is 70.9 Å². The van der Waals surface area contributed by atoms with E-state index in [9.17, 15) is 4.79 Å². The molecule has 5 heteroatoms. The van der Waals surface area contributed by atoms with Crippen LogP contribution < -0.4 is 5.48 Å². The zero-order valence-corrected chi connectivity index (χ0v) is 11.8. The highest BCUT2D eigenvalue weighted by molar-refractivity contribution is 5.91. The SMILES string of the molecule is O=C(/C=C/c1ccc(/C=N/OCc2ccccc2)cc1)NO. The van der Waals surface area contributed by atoms with Crippen LogP contribution >= 0.6 is 0 Å². The van der Waals surface area contributed by atoms with Crippen LogP contribution in [0.4, 0.5) is 0 Å². The molecule has 22 heavy (non-hydrogen) atoms. The summed E-state index contributed by atoms with van der Waals surface area (Å²) >= 11 is 0. The van der Waals surface area contributed by atoms with E-state index in [0.29, 0.717) is 6.61 Å². The molecule has 0 saturated carbocycles. The second kappa shape index (κ2) is 8.39. The highest BCUT2D eigenvalue weighted by Crippen LogP contribution is 2.05. The molecule has 0 aliphatic carbocycles. The second-order valence-electron chi connectivity index (χ2n) is 4.47. The first-order valence-electron chi connectivity index (χ1n) is 6.69. The first kappa shape index (κ1) is 15.5. The summed E-state index contributed by atoms with van der Waals surface area (Å²) in [5, 5.41) is 12.3. The van der Waals surface area contributed by atoms with E-state index in [-0.39, 0.29) is 0 Å². The minimum absolute atomic E-state index is 0.425. The van der Waals surface area contributed by atoms with Gasteiger partial charge in [-0.3, -0.25) is 10.0 Å². The average molecular weight is 296 g/mol. The summed E-state index contributed by atoms with van der Waals surface area (Å²) in [6.07, 6.45) is 4.46. The maximum absolute atomic E-state index is 10.9. The molecule has 2 aromatic carbocycles. The molecule has 0 fully saturated rings. The molecule has 5 nitrogen and oxygen atoms in total. The Morgan fingerprint density at radius 1 is 1.09 bits per heavy atom. The molecule has 0 radical (unpaired) electrons. The van der Waals surface area contributed by atoms with Crippen molar-refractivity contribution in [3.05, 3.63) is 77.4 Å². The summed E-state index contributed by atoms with van der Waals surface area (Å²) < 4.78 is 0. The number of carbonyl (C=O) groups is 1. The van der Waals surface area contributed by atoms with Gasteiger partial charge in [-0.1, -0.05) is 59.8 Å². The maximum Gasteiger partial charge on any atom is 0.267 e. The zero-order valence-electron chi connectivity index (χ0n) is 11.8. The number of hydrogen-bond acceptors (Lipinski definition) is 4. The smallest absolute Gasteiger partial charge is 0.267 e. The fourth-order valence-corrected chi connectivity index (χ4v) is 1.69. The third kappa shape index (κ3) is 5.22. The van der Waals surface area contributed by atoms with Gasteiger partial charge >= 0.3 is 0 Å².